The van der Waals surface area contributed by atoms with Crippen molar-refractivity contribution in [2.45, 2.75) is 13.8 Å². The van der Waals surface area contributed by atoms with Crippen LogP contribution in [0.15, 0.2) is 48.3 Å². The quantitative estimate of drug-likeness (QED) is 0.598. The van der Waals surface area contributed by atoms with Gasteiger partial charge in [0.1, 0.15) is 11.3 Å². The number of methoxy groups -OCH3 is 1. The summed E-state index contributed by atoms with van der Waals surface area (Å²) in [5.41, 5.74) is 1.64. The lowest BCUT2D eigenvalue weighted by Crippen LogP contribution is -2.54. The van der Waals surface area contributed by atoms with Crippen LogP contribution in [0.5, 0.6) is 5.75 Å². The van der Waals surface area contributed by atoms with Gasteiger partial charge in [-0.25, -0.2) is 9.69 Å². The second-order valence-corrected chi connectivity index (χ2v) is 6.27. The van der Waals surface area contributed by atoms with Crippen molar-refractivity contribution < 1.29 is 19.1 Å². The largest absolute Gasteiger partial charge is 0.496 e. The maximum absolute atomic E-state index is 12.9. The summed E-state index contributed by atoms with van der Waals surface area (Å²) in [6.45, 7) is 5.79. The minimum atomic E-state index is -0.811. The van der Waals surface area contributed by atoms with Crippen LogP contribution in [-0.4, -0.2) is 43.0 Å². The zero-order valence-corrected chi connectivity index (χ0v) is 16.5. The Labute approximate surface area is 168 Å². The standard InChI is InChI=1S/C21H22N4O4/c1-4-24(5-2)15-9-8-14(18(12-15)29-3)11-17-19(26)23-21(28)25(20(17)27)16-7-6-10-22-13-16/h6-13H,4-5H2,1-3H3,(H,23,26,28)/b17-11+. The number of hydrogen-bond acceptors (Lipinski definition) is 6. The van der Waals surface area contributed by atoms with Gasteiger partial charge in [-0.15, -0.1) is 0 Å². The summed E-state index contributed by atoms with van der Waals surface area (Å²) in [7, 11) is 1.53. The number of anilines is 2. The van der Waals surface area contributed by atoms with Crippen LogP contribution in [0, 0.1) is 0 Å². The summed E-state index contributed by atoms with van der Waals surface area (Å²) in [5, 5.41) is 2.20. The monoisotopic (exact) mass is 394 g/mol. The van der Waals surface area contributed by atoms with Crippen molar-refractivity contribution in [3.8, 4) is 5.75 Å². The van der Waals surface area contributed by atoms with Gasteiger partial charge < -0.3 is 9.64 Å². The number of hydrogen-bond donors (Lipinski definition) is 1. The van der Waals surface area contributed by atoms with Crippen LogP contribution in [0.25, 0.3) is 6.08 Å². The van der Waals surface area contributed by atoms with Crippen molar-refractivity contribution in [2.24, 2.45) is 0 Å². The number of ether oxygens (including phenoxy) is 1. The predicted octanol–water partition coefficient (Wildman–Crippen LogP) is 2.60. The topological polar surface area (TPSA) is 91.8 Å². The van der Waals surface area contributed by atoms with Crippen molar-refractivity contribution in [3.05, 3.63) is 53.9 Å². The highest BCUT2D eigenvalue weighted by Gasteiger charge is 2.37. The molecule has 0 saturated carbocycles. The van der Waals surface area contributed by atoms with E-state index in [1.54, 1.807) is 18.2 Å². The Balaban J connectivity index is 2.01. The van der Waals surface area contributed by atoms with Crippen molar-refractivity contribution in [1.82, 2.24) is 10.3 Å². The molecular formula is C21H22N4O4. The van der Waals surface area contributed by atoms with E-state index >= 15 is 0 Å². The molecule has 0 aliphatic carbocycles. The second kappa shape index (κ2) is 8.55. The van der Waals surface area contributed by atoms with Crippen molar-refractivity contribution >= 4 is 35.3 Å². The normalized spacial score (nSPS) is 15.5. The molecule has 1 aromatic heterocycles. The molecule has 3 rings (SSSR count). The summed E-state index contributed by atoms with van der Waals surface area (Å²) in [4.78, 5) is 44.4. The molecule has 4 amide bonds. The summed E-state index contributed by atoms with van der Waals surface area (Å²) in [6.07, 6.45) is 4.34. The first-order chi connectivity index (χ1) is 14.0. The van der Waals surface area contributed by atoms with Crippen LogP contribution in [0.1, 0.15) is 19.4 Å². The maximum Gasteiger partial charge on any atom is 0.336 e. The fraction of sp³-hybridized carbons (Fsp3) is 0.238. The Bertz CT molecular complexity index is 968. The van der Waals surface area contributed by atoms with Gasteiger partial charge in [0.05, 0.1) is 19.0 Å². The third kappa shape index (κ3) is 3.96. The second-order valence-electron chi connectivity index (χ2n) is 6.27. The summed E-state index contributed by atoms with van der Waals surface area (Å²) in [5.74, 6) is -0.955. The molecular weight excluding hydrogens is 372 g/mol. The number of barbiturate groups is 1. The summed E-state index contributed by atoms with van der Waals surface area (Å²) in [6, 6.07) is 7.90. The average molecular weight is 394 g/mol. The summed E-state index contributed by atoms with van der Waals surface area (Å²) < 4.78 is 5.46. The molecule has 0 spiro atoms. The Morgan fingerprint density at radius 1 is 1.17 bits per heavy atom. The minimum absolute atomic E-state index is 0.164. The number of pyridine rings is 1. The molecule has 1 N–H and O–H groups in total. The molecule has 2 aromatic rings. The Morgan fingerprint density at radius 3 is 2.55 bits per heavy atom. The highest BCUT2D eigenvalue weighted by atomic mass is 16.5. The van der Waals surface area contributed by atoms with E-state index in [1.165, 1.54) is 25.6 Å². The van der Waals surface area contributed by atoms with E-state index in [2.05, 4.69) is 29.0 Å². The van der Waals surface area contributed by atoms with Crippen LogP contribution >= 0.6 is 0 Å². The summed E-state index contributed by atoms with van der Waals surface area (Å²) >= 11 is 0. The van der Waals surface area contributed by atoms with E-state index in [9.17, 15) is 14.4 Å². The Morgan fingerprint density at radius 2 is 1.93 bits per heavy atom. The zero-order valence-electron chi connectivity index (χ0n) is 16.5. The van der Waals surface area contributed by atoms with E-state index in [0.29, 0.717) is 11.3 Å². The molecule has 2 heterocycles. The lowest BCUT2D eigenvalue weighted by atomic mass is 10.1. The molecule has 1 aliphatic heterocycles. The van der Waals surface area contributed by atoms with E-state index < -0.39 is 17.8 Å². The minimum Gasteiger partial charge on any atom is -0.496 e. The van der Waals surface area contributed by atoms with E-state index in [1.807, 2.05) is 12.1 Å². The molecule has 29 heavy (non-hydrogen) atoms. The van der Waals surface area contributed by atoms with E-state index in [4.69, 9.17) is 4.74 Å². The molecule has 1 saturated heterocycles. The number of urea groups is 1. The highest BCUT2D eigenvalue weighted by Crippen LogP contribution is 2.29. The molecule has 8 heteroatoms. The lowest BCUT2D eigenvalue weighted by molar-refractivity contribution is -0.122. The van der Waals surface area contributed by atoms with Crippen molar-refractivity contribution in [2.75, 3.05) is 30.0 Å². The lowest BCUT2D eigenvalue weighted by Gasteiger charge is -2.26. The fourth-order valence-electron chi connectivity index (χ4n) is 3.14. The molecule has 150 valence electrons. The first-order valence-electron chi connectivity index (χ1n) is 9.24. The Hall–Kier alpha value is -3.68. The third-order valence-electron chi connectivity index (χ3n) is 4.65. The molecule has 0 bridgehead atoms. The van der Waals surface area contributed by atoms with Gasteiger partial charge in [-0.1, -0.05) is 0 Å². The molecule has 1 aromatic carbocycles. The smallest absolute Gasteiger partial charge is 0.336 e. The Kier molecular flexibility index (Phi) is 5.92. The van der Waals surface area contributed by atoms with Crippen LogP contribution in [0.3, 0.4) is 0 Å². The number of benzene rings is 1. The van der Waals surface area contributed by atoms with Crippen molar-refractivity contribution in [1.29, 1.82) is 0 Å². The average Bonchev–Trinajstić information content (AvgIpc) is 2.73. The van der Waals surface area contributed by atoms with Gasteiger partial charge in [-0.05, 0) is 44.2 Å². The van der Waals surface area contributed by atoms with Crippen molar-refractivity contribution in [3.63, 3.8) is 0 Å². The predicted molar refractivity (Wildman–Crippen MR) is 110 cm³/mol. The van der Waals surface area contributed by atoms with Gasteiger partial charge in [-0.3, -0.25) is 19.9 Å². The maximum atomic E-state index is 12.9. The van der Waals surface area contributed by atoms with Crippen LogP contribution in [0.4, 0.5) is 16.2 Å². The number of carbonyl (C=O) groups is 3. The molecule has 0 unspecified atom stereocenters. The third-order valence-corrected chi connectivity index (χ3v) is 4.65. The number of imide groups is 2. The zero-order chi connectivity index (χ0) is 21.0. The molecule has 1 fully saturated rings. The van der Waals surface area contributed by atoms with Gasteiger partial charge in [0, 0.05) is 36.6 Å². The van der Waals surface area contributed by atoms with Gasteiger partial charge in [0.15, 0.2) is 0 Å². The van der Waals surface area contributed by atoms with Gasteiger partial charge in [-0.2, -0.15) is 0 Å². The first-order valence-corrected chi connectivity index (χ1v) is 9.24. The highest BCUT2D eigenvalue weighted by molar-refractivity contribution is 6.39. The van der Waals surface area contributed by atoms with Crippen LogP contribution < -0.4 is 19.9 Å². The SMILES string of the molecule is CCN(CC)c1ccc(/C=C2\C(=O)NC(=O)N(c3cccnc3)C2=O)c(OC)c1. The first kappa shape index (κ1) is 20.1. The molecule has 1 aliphatic rings. The van der Waals surface area contributed by atoms with Gasteiger partial charge in [0.2, 0.25) is 0 Å². The van der Waals surface area contributed by atoms with E-state index in [-0.39, 0.29) is 11.3 Å². The van der Waals surface area contributed by atoms with Crippen LogP contribution in [-0.2, 0) is 9.59 Å². The molecule has 0 radical (unpaired) electrons. The number of nitrogens with one attached hydrogen (secondary N) is 1. The number of amides is 4. The number of aromatic nitrogens is 1. The van der Waals surface area contributed by atoms with E-state index in [0.717, 1.165) is 23.7 Å². The van der Waals surface area contributed by atoms with Crippen LogP contribution in [0.2, 0.25) is 0 Å². The molecule has 8 nitrogen and oxygen atoms in total. The molecule has 0 atom stereocenters. The van der Waals surface area contributed by atoms with Gasteiger partial charge in [0.25, 0.3) is 11.8 Å². The number of carbonyl (C=O) groups excluding carboxylic acids is 3. The number of nitrogens with zero attached hydrogens (tertiary/aromatic N) is 3. The number of rotatable bonds is 6. The van der Waals surface area contributed by atoms with Gasteiger partial charge >= 0.3 is 6.03 Å². The fourth-order valence-corrected chi connectivity index (χ4v) is 3.14.